The van der Waals surface area contributed by atoms with Crippen molar-refractivity contribution in [3.63, 3.8) is 0 Å². The SMILES string of the molecule is COCCN1CC(Cc2cnccc2C)CC1=O. The highest BCUT2D eigenvalue weighted by Crippen LogP contribution is 2.22. The minimum atomic E-state index is 0.249. The van der Waals surface area contributed by atoms with E-state index in [0.29, 0.717) is 25.5 Å². The van der Waals surface area contributed by atoms with Crippen LogP contribution in [0.5, 0.6) is 0 Å². The number of hydrogen-bond acceptors (Lipinski definition) is 3. The van der Waals surface area contributed by atoms with Crippen LogP contribution in [-0.2, 0) is 16.0 Å². The number of methoxy groups -OCH3 is 1. The van der Waals surface area contributed by atoms with Crippen molar-refractivity contribution < 1.29 is 9.53 Å². The maximum Gasteiger partial charge on any atom is 0.223 e. The van der Waals surface area contributed by atoms with E-state index in [1.165, 1.54) is 11.1 Å². The molecule has 0 aliphatic carbocycles. The first-order valence-corrected chi connectivity index (χ1v) is 6.37. The summed E-state index contributed by atoms with van der Waals surface area (Å²) in [5.74, 6) is 0.663. The Morgan fingerprint density at radius 2 is 2.39 bits per heavy atom. The molecular formula is C14H20N2O2. The van der Waals surface area contributed by atoms with Gasteiger partial charge < -0.3 is 9.64 Å². The van der Waals surface area contributed by atoms with Crippen LogP contribution in [0.4, 0.5) is 0 Å². The number of carbonyl (C=O) groups excluding carboxylic acids is 1. The van der Waals surface area contributed by atoms with Gasteiger partial charge in [-0.15, -0.1) is 0 Å². The molecule has 1 saturated heterocycles. The molecule has 0 spiro atoms. The Kier molecular flexibility index (Phi) is 4.31. The monoisotopic (exact) mass is 248 g/mol. The van der Waals surface area contributed by atoms with Crippen molar-refractivity contribution in [2.45, 2.75) is 19.8 Å². The van der Waals surface area contributed by atoms with Gasteiger partial charge in [0.1, 0.15) is 0 Å². The van der Waals surface area contributed by atoms with E-state index in [9.17, 15) is 4.79 Å². The van der Waals surface area contributed by atoms with E-state index in [4.69, 9.17) is 4.74 Å². The van der Waals surface area contributed by atoms with Crippen LogP contribution in [0.25, 0.3) is 0 Å². The summed E-state index contributed by atoms with van der Waals surface area (Å²) >= 11 is 0. The van der Waals surface area contributed by atoms with Gasteiger partial charge in [0.05, 0.1) is 6.61 Å². The highest BCUT2D eigenvalue weighted by molar-refractivity contribution is 5.78. The molecule has 2 heterocycles. The van der Waals surface area contributed by atoms with Crippen molar-refractivity contribution in [1.29, 1.82) is 0 Å². The second-order valence-corrected chi connectivity index (χ2v) is 4.91. The number of amides is 1. The zero-order valence-corrected chi connectivity index (χ0v) is 11.1. The molecule has 1 aromatic rings. The fourth-order valence-electron chi connectivity index (χ4n) is 2.43. The lowest BCUT2D eigenvalue weighted by atomic mass is 9.97. The predicted octanol–water partition coefficient (Wildman–Crippen LogP) is 1.43. The Labute approximate surface area is 108 Å². The number of hydrogen-bond donors (Lipinski definition) is 0. The third-order valence-corrected chi connectivity index (χ3v) is 3.52. The molecule has 0 bridgehead atoms. The molecule has 1 unspecified atom stereocenters. The lowest BCUT2D eigenvalue weighted by molar-refractivity contribution is -0.128. The molecule has 98 valence electrons. The average molecular weight is 248 g/mol. The second kappa shape index (κ2) is 5.96. The van der Waals surface area contributed by atoms with Crippen molar-refractivity contribution >= 4 is 5.91 Å². The Morgan fingerprint density at radius 1 is 1.56 bits per heavy atom. The number of pyridine rings is 1. The largest absolute Gasteiger partial charge is 0.383 e. The number of rotatable bonds is 5. The fourth-order valence-corrected chi connectivity index (χ4v) is 2.43. The number of likely N-dealkylation sites (tertiary alicyclic amines) is 1. The highest BCUT2D eigenvalue weighted by atomic mass is 16.5. The molecule has 0 saturated carbocycles. The van der Waals surface area contributed by atoms with E-state index in [2.05, 4.69) is 11.9 Å². The zero-order chi connectivity index (χ0) is 13.0. The third-order valence-electron chi connectivity index (χ3n) is 3.52. The summed E-state index contributed by atoms with van der Waals surface area (Å²) in [6.07, 6.45) is 5.31. The number of nitrogens with zero attached hydrogens (tertiary/aromatic N) is 2. The van der Waals surface area contributed by atoms with Crippen LogP contribution in [0.2, 0.25) is 0 Å². The molecule has 1 aliphatic heterocycles. The smallest absolute Gasteiger partial charge is 0.223 e. The summed E-state index contributed by atoms with van der Waals surface area (Å²) in [4.78, 5) is 17.9. The summed E-state index contributed by atoms with van der Waals surface area (Å²) in [5.41, 5.74) is 2.51. The molecule has 0 aromatic carbocycles. The molecule has 1 amide bonds. The van der Waals surface area contributed by atoms with Gasteiger partial charge in [0.2, 0.25) is 5.91 Å². The van der Waals surface area contributed by atoms with Crippen LogP contribution >= 0.6 is 0 Å². The molecule has 0 radical (unpaired) electrons. The quantitative estimate of drug-likeness (QED) is 0.791. The summed E-state index contributed by atoms with van der Waals surface area (Å²) in [7, 11) is 1.66. The number of aromatic nitrogens is 1. The summed E-state index contributed by atoms with van der Waals surface area (Å²) in [6, 6.07) is 2.02. The molecule has 2 rings (SSSR count). The van der Waals surface area contributed by atoms with Crippen LogP contribution in [0.3, 0.4) is 0 Å². The topological polar surface area (TPSA) is 42.4 Å². The molecule has 0 N–H and O–H groups in total. The maximum atomic E-state index is 11.8. The lowest BCUT2D eigenvalue weighted by Crippen LogP contribution is -2.28. The third kappa shape index (κ3) is 3.07. The highest BCUT2D eigenvalue weighted by Gasteiger charge is 2.29. The van der Waals surface area contributed by atoms with E-state index in [0.717, 1.165) is 13.0 Å². The Bertz CT molecular complexity index is 420. The van der Waals surface area contributed by atoms with Crippen molar-refractivity contribution in [3.8, 4) is 0 Å². The standard InChI is InChI=1S/C14H20N2O2/c1-11-3-4-15-9-13(11)7-12-8-14(17)16(10-12)5-6-18-2/h3-4,9,12H,5-8,10H2,1-2H3. The van der Waals surface area contributed by atoms with E-state index in [-0.39, 0.29) is 5.91 Å². The molecule has 1 aliphatic rings. The molecule has 1 atom stereocenters. The average Bonchev–Trinajstić information content (AvgIpc) is 2.70. The predicted molar refractivity (Wildman–Crippen MR) is 69.2 cm³/mol. The van der Waals surface area contributed by atoms with Crippen molar-refractivity contribution in [2.75, 3.05) is 26.8 Å². The van der Waals surface area contributed by atoms with Crippen molar-refractivity contribution in [3.05, 3.63) is 29.6 Å². The number of ether oxygens (including phenoxy) is 1. The molecule has 4 heteroatoms. The molecular weight excluding hydrogens is 228 g/mol. The Hall–Kier alpha value is -1.42. The molecule has 18 heavy (non-hydrogen) atoms. The minimum Gasteiger partial charge on any atom is -0.383 e. The summed E-state index contributed by atoms with van der Waals surface area (Å²) < 4.78 is 5.02. The zero-order valence-electron chi connectivity index (χ0n) is 11.1. The minimum absolute atomic E-state index is 0.249. The van der Waals surface area contributed by atoms with Gasteiger partial charge in [0.25, 0.3) is 0 Å². The van der Waals surface area contributed by atoms with E-state index < -0.39 is 0 Å². The van der Waals surface area contributed by atoms with Gasteiger partial charge >= 0.3 is 0 Å². The van der Waals surface area contributed by atoms with E-state index in [1.807, 2.05) is 23.4 Å². The van der Waals surface area contributed by atoms with Crippen LogP contribution in [0.1, 0.15) is 17.5 Å². The van der Waals surface area contributed by atoms with Gasteiger partial charge in [0, 0.05) is 39.0 Å². The second-order valence-electron chi connectivity index (χ2n) is 4.91. The van der Waals surface area contributed by atoms with Gasteiger partial charge in [-0.25, -0.2) is 0 Å². The molecule has 1 fully saturated rings. The number of aryl methyl sites for hydroxylation is 1. The van der Waals surface area contributed by atoms with Crippen LogP contribution in [0, 0.1) is 12.8 Å². The maximum absolute atomic E-state index is 11.8. The molecule has 1 aromatic heterocycles. The summed E-state index contributed by atoms with van der Waals surface area (Å²) in [5, 5.41) is 0. The fraction of sp³-hybridized carbons (Fsp3) is 0.571. The van der Waals surface area contributed by atoms with Gasteiger partial charge in [-0.3, -0.25) is 9.78 Å². The van der Waals surface area contributed by atoms with Gasteiger partial charge in [0.15, 0.2) is 0 Å². The van der Waals surface area contributed by atoms with Crippen LogP contribution in [0.15, 0.2) is 18.5 Å². The lowest BCUT2D eigenvalue weighted by Gasteiger charge is -2.16. The molecule has 4 nitrogen and oxygen atoms in total. The Morgan fingerprint density at radius 3 is 3.11 bits per heavy atom. The van der Waals surface area contributed by atoms with Gasteiger partial charge in [-0.2, -0.15) is 0 Å². The van der Waals surface area contributed by atoms with Crippen LogP contribution < -0.4 is 0 Å². The van der Waals surface area contributed by atoms with E-state index in [1.54, 1.807) is 7.11 Å². The van der Waals surface area contributed by atoms with Crippen LogP contribution in [-0.4, -0.2) is 42.6 Å². The first kappa shape index (κ1) is 13.0. The first-order chi connectivity index (χ1) is 8.70. The summed E-state index contributed by atoms with van der Waals surface area (Å²) in [6.45, 7) is 4.26. The first-order valence-electron chi connectivity index (χ1n) is 6.37. The van der Waals surface area contributed by atoms with Crippen molar-refractivity contribution in [2.24, 2.45) is 5.92 Å². The van der Waals surface area contributed by atoms with Gasteiger partial charge in [-0.05, 0) is 36.5 Å². The normalized spacial score (nSPS) is 19.6. The van der Waals surface area contributed by atoms with E-state index >= 15 is 0 Å². The van der Waals surface area contributed by atoms with Crippen molar-refractivity contribution in [1.82, 2.24) is 9.88 Å². The van der Waals surface area contributed by atoms with Gasteiger partial charge in [-0.1, -0.05) is 0 Å². The number of carbonyl (C=O) groups is 1. The Balaban J connectivity index is 1.92.